The Kier molecular flexibility index (Phi) is 3.48. The molecule has 2 fully saturated rings. The second-order valence-electron chi connectivity index (χ2n) is 7.10. The molecule has 120 valence electrons. The second-order valence-corrected chi connectivity index (χ2v) is 7.10. The van der Waals surface area contributed by atoms with Gasteiger partial charge in [0.15, 0.2) is 0 Å². The van der Waals surface area contributed by atoms with Crippen LogP contribution in [-0.4, -0.2) is 42.5 Å². The molecule has 1 amide bonds. The van der Waals surface area contributed by atoms with Crippen LogP contribution in [0.15, 0.2) is 6.07 Å². The van der Waals surface area contributed by atoms with E-state index in [1.165, 1.54) is 18.4 Å². The van der Waals surface area contributed by atoms with Gasteiger partial charge in [0.25, 0.3) is 0 Å². The molecule has 5 heteroatoms. The van der Waals surface area contributed by atoms with Crippen LogP contribution in [0.2, 0.25) is 0 Å². The van der Waals surface area contributed by atoms with E-state index in [4.69, 9.17) is 4.98 Å². The molecule has 0 aromatic carbocycles. The van der Waals surface area contributed by atoms with Crippen LogP contribution in [0.5, 0.6) is 0 Å². The number of hydrogen-bond donors (Lipinski definition) is 0. The Labute approximate surface area is 136 Å². The molecule has 1 aliphatic carbocycles. The van der Waals surface area contributed by atoms with Gasteiger partial charge in [-0.3, -0.25) is 4.79 Å². The molecule has 3 heterocycles. The molecule has 2 aliphatic heterocycles. The van der Waals surface area contributed by atoms with Gasteiger partial charge in [-0.15, -0.1) is 0 Å². The van der Waals surface area contributed by atoms with Crippen molar-refractivity contribution in [3.8, 4) is 6.07 Å². The molecule has 1 aromatic heterocycles. The number of nitriles is 1. The third-order valence-corrected chi connectivity index (χ3v) is 5.67. The molecule has 0 radical (unpaired) electrons. The number of aryl methyl sites for hydroxylation is 2. The molecular formula is C18H22N4O. The van der Waals surface area contributed by atoms with Crippen LogP contribution in [0.1, 0.15) is 36.1 Å². The van der Waals surface area contributed by atoms with Crippen LogP contribution in [0.3, 0.4) is 0 Å². The molecule has 0 spiro atoms. The number of anilines is 1. The van der Waals surface area contributed by atoms with Gasteiger partial charge in [0.05, 0.1) is 11.5 Å². The van der Waals surface area contributed by atoms with Gasteiger partial charge in [0, 0.05) is 32.4 Å². The van der Waals surface area contributed by atoms with E-state index in [1.807, 2.05) is 18.0 Å². The fraction of sp³-hybridized carbons (Fsp3) is 0.611. The number of nitrogens with zero attached hydrogens (tertiary/aromatic N) is 4. The fourth-order valence-corrected chi connectivity index (χ4v) is 4.32. The van der Waals surface area contributed by atoms with Gasteiger partial charge in [-0.2, -0.15) is 5.26 Å². The van der Waals surface area contributed by atoms with Crippen molar-refractivity contribution >= 4 is 11.7 Å². The summed E-state index contributed by atoms with van der Waals surface area (Å²) < 4.78 is 0. The number of amides is 1. The van der Waals surface area contributed by atoms with E-state index in [9.17, 15) is 10.1 Å². The quantitative estimate of drug-likeness (QED) is 0.793. The van der Waals surface area contributed by atoms with E-state index < -0.39 is 0 Å². The van der Waals surface area contributed by atoms with E-state index in [0.717, 1.165) is 43.9 Å². The van der Waals surface area contributed by atoms with Crippen molar-refractivity contribution in [2.75, 3.05) is 31.6 Å². The number of aromatic nitrogens is 1. The van der Waals surface area contributed by atoms with Crippen molar-refractivity contribution in [3.05, 3.63) is 22.9 Å². The summed E-state index contributed by atoms with van der Waals surface area (Å²) in [5, 5.41) is 9.54. The fourth-order valence-electron chi connectivity index (χ4n) is 4.32. The maximum absolute atomic E-state index is 12.4. The van der Waals surface area contributed by atoms with E-state index >= 15 is 0 Å². The highest BCUT2D eigenvalue weighted by Gasteiger charge is 2.42. The molecule has 1 aromatic rings. The lowest BCUT2D eigenvalue weighted by atomic mass is 9.88. The largest absolute Gasteiger partial charge is 0.354 e. The molecule has 0 saturated carbocycles. The average Bonchev–Trinajstić information content (AvgIpc) is 3.02. The lowest BCUT2D eigenvalue weighted by molar-refractivity contribution is -0.137. The number of likely N-dealkylation sites (tertiary alicyclic amines) is 1. The minimum Gasteiger partial charge on any atom is -0.354 e. The van der Waals surface area contributed by atoms with Gasteiger partial charge < -0.3 is 9.80 Å². The third-order valence-electron chi connectivity index (χ3n) is 5.67. The zero-order chi connectivity index (χ0) is 16.0. The molecule has 2 atom stereocenters. The highest BCUT2D eigenvalue weighted by molar-refractivity contribution is 5.81. The molecule has 23 heavy (non-hydrogen) atoms. The van der Waals surface area contributed by atoms with Gasteiger partial charge in [-0.05, 0) is 49.7 Å². The Morgan fingerprint density at radius 1 is 1.30 bits per heavy atom. The standard InChI is InChI=1S/C18H22N4O/c1-21-7-6-13-10-22(11-15(13)18(21)23)17-14(9-19)8-12-4-2-3-5-16(12)20-17/h8,13,15H,2-7,10-11H2,1H3/t13-,15+/m1/s1. The Hall–Kier alpha value is -2.09. The monoisotopic (exact) mass is 310 g/mol. The molecule has 2 saturated heterocycles. The number of hydrogen-bond acceptors (Lipinski definition) is 4. The first-order chi connectivity index (χ1) is 11.2. The van der Waals surface area contributed by atoms with Crippen LogP contribution in [0.4, 0.5) is 5.82 Å². The summed E-state index contributed by atoms with van der Waals surface area (Å²) in [6, 6.07) is 4.36. The van der Waals surface area contributed by atoms with Crippen LogP contribution < -0.4 is 4.90 Å². The SMILES string of the molecule is CN1CC[C@@H]2CN(c3nc4c(cc3C#N)CCCC4)C[C@@H]2C1=O. The van der Waals surface area contributed by atoms with Gasteiger partial charge >= 0.3 is 0 Å². The Balaban J connectivity index is 1.66. The molecule has 5 nitrogen and oxygen atoms in total. The van der Waals surface area contributed by atoms with Gasteiger partial charge in [-0.25, -0.2) is 4.98 Å². The van der Waals surface area contributed by atoms with Crippen molar-refractivity contribution in [2.45, 2.75) is 32.1 Å². The normalized spacial score (nSPS) is 26.7. The van der Waals surface area contributed by atoms with Crippen molar-refractivity contribution in [2.24, 2.45) is 11.8 Å². The summed E-state index contributed by atoms with van der Waals surface area (Å²) in [6.07, 6.45) is 5.46. The van der Waals surface area contributed by atoms with Crippen molar-refractivity contribution in [3.63, 3.8) is 0 Å². The Bertz CT molecular complexity index is 693. The maximum atomic E-state index is 12.4. The molecule has 0 unspecified atom stereocenters. The van der Waals surface area contributed by atoms with Crippen molar-refractivity contribution < 1.29 is 4.79 Å². The second kappa shape index (κ2) is 5.52. The number of carbonyl (C=O) groups excluding carboxylic acids is 1. The first-order valence-corrected chi connectivity index (χ1v) is 8.60. The summed E-state index contributed by atoms with van der Waals surface area (Å²) in [5.74, 6) is 1.53. The minimum absolute atomic E-state index is 0.0677. The molecule has 4 rings (SSSR count). The van der Waals surface area contributed by atoms with Crippen LogP contribution in [-0.2, 0) is 17.6 Å². The summed E-state index contributed by atoms with van der Waals surface area (Å²) in [5.41, 5.74) is 3.07. The predicted molar refractivity (Wildman–Crippen MR) is 87.0 cm³/mol. The number of carbonyl (C=O) groups is 1. The summed E-state index contributed by atoms with van der Waals surface area (Å²) in [7, 11) is 1.89. The Morgan fingerprint density at radius 2 is 2.13 bits per heavy atom. The van der Waals surface area contributed by atoms with Gasteiger partial charge in [0.2, 0.25) is 5.91 Å². The molecule has 0 bridgehead atoms. The number of rotatable bonds is 1. The lowest BCUT2D eigenvalue weighted by Crippen LogP contribution is -2.42. The predicted octanol–water partition coefficient (Wildman–Crippen LogP) is 1.75. The van der Waals surface area contributed by atoms with E-state index in [1.54, 1.807) is 0 Å². The first-order valence-electron chi connectivity index (χ1n) is 8.60. The van der Waals surface area contributed by atoms with Crippen molar-refractivity contribution in [1.82, 2.24) is 9.88 Å². The van der Waals surface area contributed by atoms with Gasteiger partial charge in [0.1, 0.15) is 11.9 Å². The van der Waals surface area contributed by atoms with E-state index in [0.29, 0.717) is 18.0 Å². The van der Waals surface area contributed by atoms with Crippen LogP contribution in [0, 0.1) is 23.2 Å². The summed E-state index contributed by atoms with van der Waals surface area (Å²) >= 11 is 0. The zero-order valence-electron chi connectivity index (χ0n) is 13.6. The van der Waals surface area contributed by atoms with Gasteiger partial charge in [-0.1, -0.05) is 0 Å². The Morgan fingerprint density at radius 3 is 2.96 bits per heavy atom. The van der Waals surface area contributed by atoms with E-state index in [-0.39, 0.29) is 11.8 Å². The number of fused-ring (bicyclic) bond motifs is 2. The first kappa shape index (κ1) is 14.5. The third kappa shape index (κ3) is 2.37. The lowest BCUT2D eigenvalue weighted by Gasteiger charge is -2.30. The highest BCUT2D eigenvalue weighted by atomic mass is 16.2. The highest BCUT2D eigenvalue weighted by Crippen LogP contribution is 2.36. The number of pyridine rings is 1. The zero-order valence-corrected chi connectivity index (χ0v) is 13.6. The molecular weight excluding hydrogens is 288 g/mol. The van der Waals surface area contributed by atoms with Crippen LogP contribution in [0.25, 0.3) is 0 Å². The number of piperidine rings is 1. The smallest absolute Gasteiger partial charge is 0.227 e. The maximum Gasteiger partial charge on any atom is 0.227 e. The minimum atomic E-state index is 0.0677. The summed E-state index contributed by atoms with van der Waals surface area (Å²) in [6.45, 7) is 2.40. The molecule has 0 N–H and O–H groups in total. The topological polar surface area (TPSA) is 60.2 Å². The summed E-state index contributed by atoms with van der Waals surface area (Å²) in [4.78, 5) is 21.3. The molecule has 3 aliphatic rings. The van der Waals surface area contributed by atoms with Crippen molar-refractivity contribution in [1.29, 1.82) is 5.26 Å². The average molecular weight is 310 g/mol. The van der Waals surface area contributed by atoms with E-state index in [2.05, 4.69) is 11.0 Å². The van der Waals surface area contributed by atoms with Crippen LogP contribution >= 0.6 is 0 Å².